The van der Waals surface area contributed by atoms with Gasteiger partial charge in [0.15, 0.2) is 0 Å². The summed E-state index contributed by atoms with van der Waals surface area (Å²) in [6.07, 6.45) is 3.38. The third kappa shape index (κ3) is 5.83. The first-order valence-corrected chi connectivity index (χ1v) is 6.78. The van der Waals surface area contributed by atoms with E-state index < -0.39 is 0 Å². The highest BCUT2D eigenvalue weighted by Crippen LogP contribution is 2.06. The maximum Gasteiger partial charge on any atom is 0.0431 e. The van der Waals surface area contributed by atoms with Crippen LogP contribution in [0.3, 0.4) is 0 Å². The van der Waals surface area contributed by atoms with Gasteiger partial charge in [-0.05, 0) is 31.7 Å². The molecule has 3 nitrogen and oxygen atoms in total. The van der Waals surface area contributed by atoms with Gasteiger partial charge < -0.3 is 14.9 Å². The van der Waals surface area contributed by atoms with E-state index in [0.717, 1.165) is 12.3 Å². The number of piperazine rings is 1. The maximum absolute atomic E-state index is 8.70. The van der Waals surface area contributed by atoms with Crippen molar-refractivity contribution in [2.45, 2.75) is 33.1 Å². The summed E-state index contributed by atoms with van der Waals surface area (Å²) >= 11 is 0. The van der Waals surface area contributed by atoms with E-state index >= 15 is 0 Å². The number of rotatable bonds is 7. The molecule has 16 heavy (non-hydrogen) atoms. The summed E-state index contributed by atoms with van der Waals surface area (Å²) in [4.78, 5) is 5.14. The molecule has 1 rings (SSSR count). The first-order valence-electron chi connectivity index (χ1n) is 6.78. The minimum Gasteiger partial charge on any atom is -0.396 e. The van der Waals surface area contributed by atoms with Crippen LogP contribution in [-0.2, 0) is 0 Å². The monoisotopic (exact) mass is 228 g/mol. The van der Waals surface area contributed by atoms with Gasteiger partial charge in [-0.15, -0.1) is 0 Å². The fraction of sp³-hybridized carbons (Fsp3) is 1.00. The fourth-order valence-electron chi connectivity index (χ4n) is 2.34. The van der Waals surface area contributed by atoms with Crippen LogP contribution in [0.1, 0.15) is 33.1 Å². The van der Waals surface area contributed by atoms with Gasteiger partial charge in [0.25, 0.3) is 0 Å². The van der Waals surface area contributed by atoms with Crippen molar-refractivity contribution in [3.05, 3.63) is 0 Å². The Hall–Kier alpha value is -0.120. The van der Waals surface area contributed by atoms with Crippen LogP contribution in [0.15, 0.2) is 0 Å². The summed E-state index contributed by atoms with van der Waals surface area (Å²) in [6, 6.07) is 0. The van der Waals surface area contributed by atoms with Gasteiger partial charge >= 0.3 is 0 Å². The molecule has 1 aliphatic rings. The number of nitrogens with zero attached hydrogens (tertiary/aromatic N) is 2. The Bertz CT molecular complexity index is 165. The van der Waals surface area contributed by atoms with Gasteiger partial charge in [0.2, 0.25) is 0 Å². The molecule has 1 fully saturated rings. The topological polar surface area (TPSA) is 26.7 Å². The van der Waals surface area contributed by atoms with E-state index in [4.69, 9.17) is 5.11 Å². The van der Waals surface area contributed by atoms with E-state index in [-0.39, 0.29) is 0 Å². The molecule has 0 aromatic heterocycles. The van der Waals surface area contributed by atoms with Gasteiger partial charge in [0, 0.05) is 39.3 Å². The van der Waals surface area contributed by atoms with Crippen molar-refractivity contribution in [3.8, 4) is 0 Å². The van der Waals surface area contributed by atoms with Crippen LogP contribution in [0.4, 0.5) is 0 Å². The highest BCUT2D eigenvalue weighted by Gasteiger charge is 2.16. The molecule has 0 bridgehead atoms. The van der Waals surface area contributed by atoms with E-state index in [1.54, 1.807) is 0 Å². The molecule has 1 saturated heterocycles. The van der Waals surface area contributed by atoms with E-state index in [1.807, 2.05) is 0 Å². The SMILES string of the molecule is CC(C)CN1CCN(CCCCCO)CC1. The maximum atomic E-state index is 8.70. The number of aliphatic hydroxyl groups excluding tert-OH is 1. The second kappa shape index (κ2) is 8.04. The van der Waals surface area contributed by atoms with Crippen molar-refractivity contribution >= 4 is 0 Å². The van der Waals surface area contributed by atoms with Crippen LogP contribution in [0, 0.1) is 5.92 Å². The van der Waals surface area contributed by atoms with Gasteiger partial charge in [-0.25, -0.2) is 0 Å². The molecule has 0 saturated carbocycles. The molecule has 0 aromatic rings. The number of hydrogen-bond donors (Lipinski definition) is 1. The van der Waals surface area contributed by atoms with E-state index in [9.17, 15) is 0 Å². The molecule has 1 N–H and O–H groups in total. The average Bonchev–Trinajstić information content (AvgIpc) is 2.26. The zero-order chi connectivity index (χ0) is 11.8. The van der Waals surface area contributed by atoms with E-state index in [2.05, 4.69) is 23.6 Å². The minimum atomic E-state index is 0.349. The lowest BCUT2D eigenvalue weighted by Gasteiger charge is -2.35. The molecule has 0 atom stereocenters. The summed E-state index contributed by atoms with van der Waals surface area (Å²) in [5.74, 6) is 0.788. The predicted molar refractivity (Wildman–Crippen MR) is 68.7 cm³/mol. The van der Waals surface area contributed by atoms with E-state index in [0.29, 0.717) is 6.61 Å². The largest absolute Gasteiger partial charge is 0.396 e. The standard InChI is InChI=1S/C13H28N2O/c1-13(2)12-15-9-7-14(8-10-15)6-4-3-5-11-16/h13,16H,3-12H2,1-2H3. The Morgan fingerprint density at radius 1 is 0.938 bits per heavy atom. The second-order valence-electron chi connectivity index (χ2n) is 5.32. The predicted octanol–water partition coefficient (Wildman–Crippen LogP) is 1.42. The van der Waals surface area contributed by atoms with E-state index in [1.165, 1.54) is 52.1 Å². The molecule has 0 amide bonds. The Balaban J connectivity index is 2.03. The summed E-state index contributed by atoms with van der Waals surface area (Å²) in [5, 5.41) is 8.70. The van der Waals surface area contributed by atoms with Crippen molar-refractivity contribution in [1.82, 2.24) is 9.80 Å². The van der Waals surface area contributed by atoms with Crippen molar-refractivity contribution in [3.63, 3.8) is 0 Å². The van der Waals surface area contributed by atoms with Crippen LogP contribution >= 0.6 is 0 Å². The smallest absolute Gasteiger partial charge is 0.0431 e. The normalized spacial score (nSPS) is 19.5. The van der Waals surface area contributed by atoms with Gasteiger partial charge in [0.05, 0.1) is 0 Å². The lowest BCUT2D eigenvalue weighted by molar-refractivity contribution is 0.120. The second-order valence-corrected chi connectivity index (χ2v) is 5.32. The van der Waals surface area contributed by atoms with Gasteiger partial charge in [-0.3, -0.25) is 0 Å². The molecule has 0 spiro atoms. The zero-order valence-electron chi connectivity index (χ0n) is 11.0. The first-order chi connectivity index (χ1) is 7.72. The van der Waals surface area contributed by atoms with Crippen molar-refractivity contribution in [1.29, 1.82) is 0 Å². The Labute approximate surface area is 100 Å². The van der Waals surface area contributed by atoms with Gasteiger partial charge in [-0.1, -0.05) is 13.8 Å². The highest BCUT2D eigenvalue weighted by molar-refractivity contribution is 4.72. The zero-order valence-corrected chi connectivity index (χ0v) is 11.0. The van der Waals surface area contributed by atoms with Crippen LogP contribution in [-0.4, -0.2) is 60.8 Å². The summed E-state index contributed by atoms with van der Waals surface area (Å²) in [5.41, 5.74) is 0. The summed E-state index contributed by atoms with van der Waals surface area (Å²) in [6.45, 7) is 12.3. The molecule has 0 aliphatic carbocycles. The van der Waals surface area contributed by atoms with Crippen LogP contribution < -0.4 is 0 Å². The quantitative estimate of drug-likeness (QED) is 0.668. The van der Waals surface area contributed by atoms with Crippen molar-refractivity contribution < 1.29 is 5.11 Å². The highest BCUT2D eigenvalue weighted by atomic mass is 16.2. The molecular weight excluding hydrogens is 200 g/mol. The van der Waals surface area contributed by atoms with Gasteiger partial charge in [0.1, 0.15) is 0 Å². The van der Waals surface area contributed by atoms with Crippen LogP contribution in [0.25, 0.3) is 0 Å². The molecular formula is C13H28N2O. The molecule has 1 aliphatic heterocycles. The van der Waals surface area contributed by atoms with Crippen molar-refractivity contribution in [2.75, 3.05) is 45.9 Å². The number of hydrogen-bond acceptors (Lipinski definition) is 3. The average molecular weight is 228 g/mol. The number of unbranched alkanes of at least 4 members (excludes halogenated alkanes) is 2. The summed E-state index contributed by atoms with van der Waals surface area (Å²) < 4.78 is 0. The minimum absolute atomic E-state index is 0.349. The Kier molecular flexibility index (Phi) is 7.01. The molecule has 1 heterocycles. The molecule has 0 unspecified atom stereocenters. The van der Waals surface area contributed by atoms with Crippen LogP contribution in [0.2, 0.25) is 0 Å². The molecule has 0 radical (unpaired) electrons. The van der Waals surface area contributed by atoms with Gasteiger partial charge in [-0.2, -0.15) is 0 Å². The Morgan fingerprint density at radius 2 is 1.56 bits per heavy atom. The number of aliphatic hydroxyl groups is 1. The summed E-state index contributed by atoms with van der Waals surface area (Å²) in [7, 11) is 0. The first kappa shape index (κ1) is 13.9. The third-order valence-corrected chi connectivity index (χ3v) is 3.22. The third-order valence-electron chi connectivity index (χ3n) is 3.22. The lowest BCUT2D eigenvalue weighted by Crippen LogP contribution is -2.47. The molecule has 3 heteroatoms. The Morgan fingerprint density at radius 3 is 2.12 bits per heavy atom. The lowest BCUT2D eigenvalue weighted by atomic mass is 10.2. The van der Waals surface area contributed by atoms with Crippen molar-refractivity contribution in [2.24, 2.45) is 5.92 Å². The molecule has 0 aromatic carbocycles. The fourth-order valence-corrected chi connectivity index (χ4v) is 2.34. The molecule has 96 valence electrons. The van der Waals surface area contributed by atoms with Crippen LogP contribution in [0.5, 0.6) is 0 Å².